The van der Waals surface area contributed by atoms with E-state index in [2.05, 4.69) is 5.32 Å². The number of carbonyl (C=O) groups is 2. The number of likely N-dealkylation sites (N-methyl/N-ethyl adjacent to an activating group) is 1. The molecule has 1 aliphatic heterocycles. The monoisotopic (exact) mass is 168 g/mol. The molecular weight excluding hydrogens is 156 g/mol. The van der Waals surface area contributed by atoms with Crippen LogP contribution < -0.4 is 5.32 Å². The largest absolute Gasteiger partial charge is 0.380 e. The Morgan fingerprint density at radius 1 is 1.50 bits per heavy atom. The highest BCUT2D eigenvalue weighted by molar-refractivity contribution is 6.15. The van der Waals surface area contributed by atoms with Gasteiger partial charge < -0.3 is 5.32 Å². The summed E-state index contributed by atoms with van der Waals surface area (Å²) in [5, 5.41) is 2.89. The number of nitrogens with one attached hydrogen (secondary N) is 1. The zero-order valence-corrected chi connectivity index (χ0v) is 7.26. The van der Waals surface area contributed by atoms with Gasteiger partial charge in [0.25, 0.3) is 11.8 Å². The summed E-state index contributed by atoms with van der Waals surface area (Å²) in [4.78, 5) is 23.2. The van der Waals surface area contributed by atoms with Gasteiger partial charge in [0.15, 0.2) is 0 Å². The summed E-state index contributed by atoms with van der Waals surface area (Å²) in [5.41, 5.74) is 0.407. The van der Waals surface area contributed by atoms with Gasteiger partial charge in [-0.05, 0) is 6.42 Å². The van der Waals surface area contributed by atoms with E-state index in [4.69, 9.17) is 0 Å². The van der Waals surface area contributed by atoms with Crippen molar-refractivity contribution in [3.63, 3.8) is 0 Å². The van der Waals surface area contributed by atoms with E-state index in [0.29, 0.717) is 5.70 Å². The van der Waals surface area contributed by atoms with Gasteiger partial charge in [0, 0.05) is 19.7 Å². The maximum atomic E-state index is 11.2. The molecule has 2 amide bonds. The molecule has 0 fully saturated rings. The van der Waals surface area contributed by atoms with E-state index in [1.54, 1.807) is 0 Å². The van der Waals surface area contributed by atoms with Gasteiger partial charge in [-0.15, -0.1) is 0 Å². The number of amides is 2. The van der Waals surface area contributed by atoms with Crippen LogP contribution in [0, 0.1) is 0 Å². The Kier molecular flexibility index (Phi) is 2.47. The predicted octanol–water partition coefficient (Wildman–Crippen LogP) is -0.132. The third-order valence-electron chi connectivity index (χ3n) is 1.70. The van der Waals surface area contributed by atoms with E-state index < -0.39 is 0 Å². The van der Waals surface area contributed by atoms with Gasteiger partial charge in [-0.1, -0.05) is 6.92 Å². The molecule has 0 aliphatic carbocycles. The van der Waals surface area contributed by atoms with Gasteiger partial charge >= 0.3 is 0 Å². The maximum absolute atomic E-state index is 11.2. The normalized spacial score (nSPS) is 16.8. The minimum absolute atomic E-state index is 0.242. The van der Waals surface area contributed by atoms with Crippen LogP contribution in [-0.4, -0.2) is 30.3 Å². The van der Waals surface area contributed by atoms with Crippen molar-refractivity contribution in [1.29, 1.82) is 0 Å². The number of nitrogens with zero attached hydrogens (tertiary/aromatic N) is 1. The zero-order valence-electron chi connectivity index (χ0n) is 7.26. The summed E-state index contributed by atoms with van der Waals surface area (Å²) in [6.07, 6.45) is 2.26. The van der Waals surface area contributed by atoms with Crippen molar-refractivity contribution in [3.05, 3.63) is 11.8 Å². The van der Waals surface area contributed by atoms with Crippen LogP contribution in [0.15, 0.2) is 11.8 Å². The number of rotatable bonds is 3. The number of hydrogen-bond donors (Lipinski definition) is 1. The smallest absolute Gasteiger partial charge is 0.276 e. The molecule has 12 heavy (non-hydrogen) atoms. The Balaban J connectivity index is 2.61. The molecule has 1 N–H and O–H groups in total. The van der Waals surface area contributed by atoms with Crippen LogP contribution in [0.1, 0.15) is 13.3 Å². The average molecular weight is 168 g/mol. The van der Waals surface area contributed by atoms with Crippen molar-refractivity contribution in [1.82, 2.24) is 10.2 Å². The fraction of sp³-hybridized carbons (Fsp3) is 0.500. The summed E-state index contributed by atoms with van der Waals surface area (Å²) in [6.45, 7) is 2.72. The minimum atomic E-state index is -0.251. The zero-order chi connectivity index (χ0) is 9.14. The van der Waals surface area contributed by atoms with Crippen molar-refractivity contribution < 1.29 is 9.59 Å². The molecule has 1 heterocycles. The van der Waals surface area contributed by atoms with Crippen LogP contribution in [0.25, 0.3) is 0 Å². The Morgan fingerprint density at radius 3 is 2.58 bits per heavy atom. The van der Waals surface area contributed by atoms with Crippen molar-refractivity contribution in [2.45, 2.75) is 13.3 Å². The SMILES string of the molecule is CCCNC1=CC(=O)N(C)C1=O. The molecule has 1 rings (SSSR count). The molecule has 66 valence electrons. The van der Waals surface area contributed by atoms with Crippen LogP contribution >= 0.6 is 0 Å². The van der Waals surface area contributed by atoms with Crippen molar-refractivity contribution >= 4 is 11.8 Å². The van der Waals surface area contributed by atoms with Gasteiger partial charge in [-0.2, -0.15) is 0 Å². The van der Waals surface area contributed by atoms with E-state index >= 15 is 0 Å². The van der Waals surface area contributed by atoms with Crippen LogP contribution in [0.4, 0.5) is 0 Å². The number of imide groups is 1. The molecule has 1 aliphatic rings. The first-order valence-corrected chi connectivity index (χ1v) is 3.94. The first-order chi connectivity index (χ1) is 5.66. The molecule has 4 heteroatoms. The van der Waals surface area contributed by atoms with Gasteiger partial charge in [0.1, 0.15) is 5.70 Å². The highest BCUT2D eigenvalue weighted by Crippen LogP contribution is 2.06. The number of hydrogen-bond acceptors (Lipinski definition) is 3. The lowest BCUT2D eigenvalue weighted by Gasteiger charge is -2.07. The molecular formula is C8H12N2O2. The van der Waals surface area contributed by atoms with Crippen LogP contribution in [-0.2, 0) is 9.59 Å². The maximum Gasteiger partial charge on any atom is 0.276 e. The van der Waals surface area contributed by atoms with Gasteiger partial charge in [0.2, 0.25) is 0 Å². The molecule has 0 atom stereocenters. The van der Waals surface area contributed by atoms with Crippen molar-refractivity contribution in [2.24, 2.45) is 0 Å². The third kappa shape index (κ3) is 1.47. The quantitative estimate of drug-likeness (QED) is 0.597. The average Bonchev–Trinajstić information content (AvgIpc) is 2.30. The minimum Gasteiger partial charge on any atom is -0.380 e. The molecule has 0 saturated heterocycles. The summed E-state index contributed by atoms with van der Waals surface area (Å²) < 4.78 is 0. The number of carbonyl (C=O) groups excluding carboxylic acids is 2. The van der Waals surface area contributed by atoms with Crippen molar-refractivity contribution in [3.8, 4) is 0 Å². The van der Waals surface area contributed by atoms with Crippen LogP contribution in [0.3, 0.4) is 0 Å². The first-order valence-electron chi connectivity index (χ1n) is 3.94. The van der Waals surface area contributed by atoms with E-state index in [-0.39, 0.29) is 11.8 Å². The Bertz CT molecular complexity index is 245. The fourth-order valence-corrected chi connectivity index (χ4v) is 0.949. The molecule has 0 saturated carbocycles. The molecule has 4 nitrogen and oxygen atoms in total. The molecule has 0 aromatic carbocycles. The second kappa shape index (κ2) is 3.38. The highest BCUT2D eigenvalue weighted by atomic mass is 16.2. The summed E-state index contributed by atoms with van der Waals surface area (Å²) in [6, 6.07) is 0. The Hall–Kier alpha value is -1.32. The fourth-order valence-electron chi connectivity index (χ4n) is 0.949. The molecule has 0 aromatic heterocycles. The highest BCUT2D eigenvalue weighted by Gasteiger charge is 2.26. The molecule has 0 spiro atoms. The van der Waals surface area contributed by atoms with Gasteiger partial charge in [-0.25, -0.2) is 0 Å². The van der Waals surface area contributed by atoms with Crippen molar-refractivity contribution in [2.75, 3.05) is 13.6 Å². The Labute approximate surface area is 71.2 Å². The Morgan fingerprint density at radius 2 is 2.17 bits per heavy atom. The van der Waals surface area contributed by atoms with Crippen LogP contribution in [0.5, 0.6) is 0 Å². The lowest BCUT2D eigenvalue weighted by atomic mass is 10.4. The standard InChI is InChI=1S/C8H12N2O2/c1-3-4-9-6-5-7(11)10(2)8(6)12/h5,9H,3-4H2,1-2H3. The second-order valence-corrected chi connectivity index (χ2v) is 2.69. The van der Waals surface area contributed by atoms with E-state index in [1.807, 2.05) is 6.92 Å². The molecule has 0 bridgehead atoms. The first kappa shape index (κ1) is 8.77. The van der Waals surface area contributed by atoms with Gasteiger partial charge in [0.05, 0.1) is 0 Å². The van der Waals surface area contributed by atoms with E-state index in [1.165, 1.54) is 13.1 Å². The van der Waals surface area contributed by atoms with Crippen LogP contribution in [0.2, 0.25) is 0 Å². The predicted molar refractivity (Wildman–Crippen MR) is 44.2 cm³/mol. The second-order valence-electron chi connectivity index (χ2n) is 2.69. The summed E-state index contributed by atoms with van der Waals surface area (Å²) in [5.74, 6) is -0.493. The summed E-state index contributed by atoms with van der Waals surface area (Å²) in [7, 11) is 1.47. The topological polar surface area (TPSA) is 49.4 Å². The summed E-state index contributed by atoms with van der Waals surface area (Å²) >= 11 is 0. The van der Waals surface area contributed by atoms with E-state index in [0.717, 1.165) is 17.9 Å². The lowest BCUT2D eigenvalue weighted by Crippen LogP contribution is -2.29. The molecule has 0 radical (unpaired) electrons. The van der Waals surface area contributed by atoms with Gasteiger partial charge in [-0.3, -0.25) is 14.5 Å². The molecule has 0 unspecified atom stereocenters. The van der Waals surface area contributed by atoms with E-state index in [9.17, 15) is 9.59 Å². The third-order valence-corrected chi connectivity index (χ3v) is 1.70. The lowest BCUT2D eigenvalue weighted by molar-refractivity contribution is -0.135. The molecule has 0 aromatic rings.